The normalized spacial score (nSPS) is 12.5. The minimum Gasteiger partial charge on any atom is -0.269 e. The first-order valence-electron chi connectivity index (χ1n) is 7.29. The molecule has 22 heavy (non-hydrogen) atoms. The number of thioether (sulfide) groups is 1. The molecule has 0 radical (unpaired) electrons. The van der Waals surface area contributed by atoms with Gasteiger partial charge in [-0.25, -0.2) is 4.98 Å². The van der Waals surface area contributed by atoms with Crippen molar-refractivity contribution in [1.82, 2.24) is 9.38 Å². The van der Waals surface area contributed by atoms with E-state index in [2.05, 4.69) is 36.2 Å². The van der Waals surface area contributed by atoms with Gasteiger partial charge in [0.25, 0.3) is 5.56 Å². The van der Waals surface area contributed by atoms with Crippen molar-refractivity contribution in [3.05, 3.63) is 81.9 Å². The lowest BCUT2D eigenvalue weighted by Gasteiger charge is -2.11. The zero-order valence-electron chi connectivity index (χ0n) is 12.7. The molecule has 0 N–H and O–H groups in total. The molecule has 2 heterocycles. The van der Waals surface area contributed by atoms with Gasteiger partial charge in [-0.15, -0.1) is 11.8 Å². The summed E-state index contributed by atoms with van der Waals surface area (Å²) in [5, 5.41) is 0.375. The maximum atomic E-state index is 12.2. The summed E-state index contributed by atoms with van der Waals surface area (Å²) in [5.41, 5.74) is 3.87. The van der Waals surface area contributed by atoms with Gasteiger partial charge in [0.05, 0.1) is 5.69 Å². The minimum atomic E-state index is -0.0170. The van der Waals surface area contributed by atoms with Crippen LogP contribution in [-0.2, 0) is 5.75 Å². The van der Waals surface area contributed by atoms with E-state index in [-0.39, 0.29) is 5.56 Å². The molecular weight excluding hydrogens is 292 g/mol. The highest BCUT2D eigenvalue weighted by Crippen LogP contribution is 2.30. The molecule has 0 aliphatic rings. The van der Waals surface area contributed by atoms with Crippen molar-refractivity contribution < 1.29 is 0 Å². The van der Waals surface area contributed by atoms with Crippen molar-refractivity contribution in [1.29, 1.82) is 0 Å². The molecule has 112 valence electrons. The first-order chi connectivity index (χ1) is 10.6. The van der Waals surface area contributed by atoms with Crippen molar-refractivity contribution in [2.24, 2.45) is 0 Å². The molecule has 0 amide bonds. The Morgan fingerprint density at radius 3 is 2.73 bits per heavy atom. The van der Waals surface area contributed by atoms with E-state index >= 15 is 0 Å². The monoisotopic (exact) mass is 310 g/mol. The van der Waals surface area contributed by atoms with Crippen LogP contribution in [0.4, 0.5) is 0 Å². The molecule has 0 aliphatic heterocycles. The Labute approximate surface area is 134 Å². The first-order valence-corrected chi connectivity index (χ1v) is 8.34. The van der Waals surface area contributed by atoms with Crippen LogP contribution >= 0.6 is 11.8 Å². The van der Waals surface area contributed by atoms with Crippen LogP contribution in [-0.4, -0.2) is 9.38 Å². The highest BCUT2D eigenvalue weighted by Gasteiger charge is 2.08. The van der Waals surface area contributed by atoms with Gasteiger partial charge < -0.3 is 0 Å². The molecule has 1 atom stereocenters. The van der Waals surface area contributed by atoms with E-state index in [1.165, 1.54) is 5.56 Å². The van der Waals surface area contributed by atoms with Gasteiger partial charge in [0.1, 0.15) is 5.65 Å². The van der Waals surface area contributed by atoms with E-state index in [1.807, 2.05) is 31.3 Å². The summed E-state index contributed by atoms with van der Waals surface area (Å²) in [7, 11) is 0. The summed E-state index contributed by atoms with van der Waals surface area (Å²) in [6, 6.07) is 15.9. The smallest absolute Gasteiger partial charge is 0.258 e. The van der Waals surface area contributed by atoms with E-state index in [1.54, 1.807) is 22.2 Å². The third-order valence-electron chi connectivity index (χ3n) is 3.61. The third-order valence-corrected chi connectivity index (χ3v) is 4.85. The number of nitrogens with zero attached hydrogens (tertiary/aromatic N) is 2. The molecule has 3 nitrogen and oxygen atoms in total. The molecule has 2 aromatic heterocycles. The second-order valence-corrected chi connectivity index (χ2v) is 6.71. The molecule has 1 unspecified atom stereocenters. The molecule has 0 spiro atoms. The molecule has 4 heteroatoms. The molecule has 0 fully saturated rings. The summed E-state index contributed by atoms with van der Waals surface area (Å²) in [5.74, 6) is 0.732. The van der Waals surface area contributed by atoms with E-state index < -0.39 is 0 Å². The van der Waals surface area contributed by atoms with E-state index in [0.717, 1.165) is 17.0 Å². The highest BCUT2D eigenvalue weighted by atomic mass is 32.2. The van der Waals surface area contributed by atoms with Gasteiger partial charge >= 0.3 is 0 Å². The van der Waals surface area contributed by atoms with Crippen LogP contribution in [0.2, 0.25) is 0 Å². The molecule has 0 saturated heterocycles. The van der Waals surface area contributed by atoms with Crippen molar-refractivity contribution >= 4 is 17.4 Å². The minimum absolute atomic E-state index is 0.0170. The topological polar surface area (TPSA) is 34.4 Å². The number of aromatic nitrogens is 2. The lowest BCUT2D eigenvalue weighted by atomic mass is 10.2. The average Bonchev–Trinajstić information content (AvgIpc) is 2.54. The number of hydrogen-bond donors (Lipinski definition) is 0. The predicted octanol–water partition coefficient (Wildman–Crippen LogP) is 4.00. The number of hydrogen-bond acceptors (Lipinski definition) is 3. The number of aryl methyl sites for hydroxylation is 1. The fourth-order valence-corrected chi connectivity index (χ4v) is 3.28. The quantitative estimate of drug-likeness (QED) is 0.730. The fourth-order valence-electron chi connectivity index (χ4n) is 2.36. The molecule has 1 aromatic carbocycles. The van der Waals surface area contributed by atoms with Gasteiger partial charge in [0, 0.05) is 23.3 Å². The number of pyridine rings is 1. The Kier molecular flexibility index (Phi) is 4.29. The van der Waals surface area contributed by atoms with Crippen molar-refractivity contribution in [3.8, 4) is 0 Å². The van der Waals surface area contributed by atoms with Crippen LogP contribution in [0, 0.1) is 6.92 Å². The third kappa shape index (κ3) is 3.22. The molecule has 3 aromatic rings. The zero-order valence-corrected chi connectivity index (χ0v) is 13.5. The maximum absolute atomic E-state index is 12.2. The second-order valence-electron chi connectivity index (χ2n) is 5.38. The Morgan fingerprint density at radius 1 is 1.18 bits per heavy atom. The summed E-state index contributed by atoms with van der Waals surface area (Å²) < 4.78 is 1.60. The molecule has 3 rings (SSSR count). The zero-order chi connectivity index (χ0) is 15.5. The number of fused-ring (bicyclic) bond motifs is 1. The SMILES string of the molecule is Cc1ccc2nc(CSC(C)c3ccccc3)cc(=O)n2c1. The van der Waals surface area contributed by atoms with E-state index in [9.17, 15) is 4.79 Å². The van der Waals surface area contributed by atoms with Crippen LogP contribution < -0.4 is 5.56 Å². The average molecular weight is 310 g/mol. The number of benzene rings is 1. The highest BCUT2D eigenvalue weighted by molar-refractivity contribution is 7.98. The van der Waals surface area contributed by atoms with Gasteiger partial charge in [0.2, 0.25) is 0 Å². The van der Waals surface area contributed by atoms with E-state index in [4.69, 9.17) is 0 Å². The first kappa shape index (κ1) is 14.9. The van der Waals surface area contributed by atoms with Crippen molar-refractivity contribution in [2.45, 2.75) is 24.9 Å². The molecule has 0 bridgehead atoms. The number of rotatable bonds is 4. The Morgan fingerprint density at radius 2 is 1.95 bits per heavy atom. The van der Waals surface area contributed by atoms with Gasteiger partial charge in [0.15, 0.2) is 0 Å². The Hall–Kier alpha value is -2.07. The Bertz CT molecular complexity index is 843. The van der Waals surface area contributed by atoms with Crippen LogP contribution in [0.3, 0.4) is 0 Å². The summed E-state index contributed by atoms with van der Waals surface area (Å²) in [6.07, 6.45) is 1.83. The van der Waals surface area contributed by atoms with Crippen LogP contribution in [0.25, 0.3) is 5.65 Å². The van der Waals surface area contributed by atoms with Crippen molar-refractivity contribution in [3.63, 3.8) is 0 Å². The van der Waals surface area contributed by atoms with Crippen LogP contribution in [0.15, 0.2) is 59.5 Å². The maximum Gasteiger partial charge on any atom is 0.258 e. The van der Waals surface area contributed by atoms with Crippen LogP contribution in [0.5, 0.6) is 0 Å². The van der Waals surface area contributed by atoms with Gasteiger partial charge in [-0.3, -0.25) is 9.20 Å². The van der Waals surface area contributed by atoms with Gasteiger partial charge in [-0.2, -0.15) is 0 Å². The van der Waals surface area contributed by atoms with E-state index in [0.29, 0.717) is 10.9 Å². The Balaban J connectivity index is 1.80. The lowest BCUT2D eigenvalue weighted by molar-refractivity contribution is 0.998. The molecular formula is C18H18N2OS. The molecule has 0 aliphatic carbocycles. The summed E-state index contributed by atoms with van der Waals surface area (Å²) in [6.45, 7) is 4.15. The molecule has 0 saturated carbocycles. The van der Waals surface area contributed by atoms with Crippen LogP contribution in [0.1, 0.15) is 29.0 Å². The standard InChI is InChI=1S/C18H18N2OS/c1-13-8-9-17-19-16(10-18(21)20(17)11-13)12-22-14(2)15-6-4-3-5-7-15/h3-11,14H,12H2,1-2H3. The predicted molar refractivity (Wildman–Crippen MR) is 92.4 cm³/mol. The van der Waals surface area contributed by atoms with Gasteiger partial charge in [-0.1, -0.05) is 36.4 Å². The fraction of sp³-hybridized carbons (Fsp3) is 0.222. The van der Waals surface area contributed by atoms with Gasteiger partial charge in [-0.05, 0) is 31.0 Å². The second kappa shape index (κ2) is 6.36. The summed E-state index contributed by atoms with van der Waals surface area (Å²) >= 11 is 1.79. The largest absolute Gasteiger partial charge is 0.269 e. The summed E-state index contributed by atoms with van der Waals surface area (Å²) in [4.78, 5) is 16.8. The van der Waals surface area contributed by atoms with Crippen molar-refractivity contribution in [2.75, 3.05) is 0 Å². The lowest BCUT2D eigenvalue weighted by Crippen LogP contribution is -2.15.